The van der Waals surface area contributed by atoms with E-state index in [-0.39, 0.29) is 0 Å². The average molecular weight is 655 g/mol. The number of carbonyl (C=O) groups excluding carboxylic acids is 1. The maximum Gasteiger partial charge on any atom is 0.508 e. The highest BCUT2D eigenvalue weighted by Crippen LogP contribution is 2.57. The first-order chi connectivity index (χ1) is 21.1. The lowest BCUT2D eigenvalue weighted by Crippen LogP contribution is -2.41. The van der Waals surface area contributed by atoms with Gasteiger partial charge in [-0.1, -0.05) is 12.2 Å². The SMILES string of the molecule is O=C1OC[C@H]2O[C@@H](n3cc4c5c(ncnc53)NCCC4)[C@H](O)[C@@H]2OP(=O)(S)OC[C@H]2O[C@@H](n3ccc(=O)[nH]c3=O)[C@H](O1)[C@@H]2O. The summed E-state index contributed by atoms with van der Waals surface area (Å²) in [4.78, 5) is 47.6. The van der Waals surface area contributed by atoms with E-state index >= 15 is 0 Å². The molecule has 0 amide bonds. The predicted molar refractivity (Wildman–Crippen MR) is 149 cm³/mol. The zero-order valence-electron chi connectivity index (χ0n) is 22.6. The van der Waals surface area contributed by atoms with Crippen molar-refractivity contribution in [2.75, 3.05) is 25.1 Å². The molecular formula is C24H27N6O12PS. The Bertz CT molecular complexity index is 1760. The molecule has 4 N–H and O–H groups in total. The number of nitrogens with zero attached hydrogens (tertiary/aromatic N) is 4. The number of hydrogen-bond donors (Lipinski definition) is 5. The summed E-state index contributed by atoms with van der Waals surface area (Å²) in [7, 11) is 0. The number of ether oxygens (including phenoxy) is 4. The maximum absolute atomic E-state index is 13.4. The van der Waals surface area contributed by atoms with Crippen molar-refractivity contribution in [3.63, 3.8) is 0 Å². The summed E-state index contributed by atoms with van der Waals surface area (Å²) in [6.45, 7) is -4.68. The first-order valence-corrected chi connectivity index (χ1v) is 16.3. The van der Waals surface area contributed by atoms with Gasteiger partial charge >= 0.3 is 18.6 Å². The predicted octanol–water partition coefficient (Wildman–Crippen LogP) is -0.169. The van der Waals surface area contributed by atoms with Crippen LogP contribution in [0.2, 0.25) is 0 Å². The number of anilines is 1. The lowest BCUT2D eigenvalue weighted by Gasteiger charge is -2.25. The van der Waals surface area contributed by atoms with Gasteiger partial charge in [0.25, 0.3) is 5.56 Å². The number of H-pyrrole nitrogens is 1. The number of aromatic nitrogens is 5. The Balaban J connectivity index is 1.18. The fraction of sp³-hybridized carbons (Fsp3) is 0.542. The quantitative estimate of drug-likeness (QED) is 0.137. The lowest BCUT2D eigenvalue weighted by atomic mass is 10.1. The van der Waals surface area contributed by atoms with Gasteiger partial charge in [-0.3, -0.25) is 23.4 Å². The number of aryl methyl sites for hydroxylation is 1. The molecule has 3 fully saturated rings. The number of thiol groups is 1. The number of hydrogen-bond acceptors (Lipinski definition) is 15. The molecule has 2 bridgehead atoms. The van der Waals surface area contributed by atoms with Crippen molar-refractivity contribution in [1.82, 2.24) is 24.1 Å². The molecule has 0 radical (unpaired) electrons. The highest BCUT2D eigenvalue weighted by Gasteiger charge is 2.52. The number of carbonyl (C=O) groups is 1. The summed E-state index contributed by atoms with van der Waals surface area (Å²) in [6, 6.07) is 1.04. The first kappa shape index (κ1) is 29.4. The van der Waals surface area contributed by atoms with E-state index in [1.165, 1.54) is 6.33 Å². The molecule has 4 aliphatic heterocycles. The summed E-state index contributed by atoms with van der Waals surface area (Å²) in [5.74, 6) is 0.647. The normalized spacial score (nSPS) is 35.8. The topological polar surface area (TPSA) is 228 Å². The van der Waals surface area contributed by atoms with Crippen LogP contribution in [0.4, 0.5) is 10.6 Å². The number of fused-ring (bicyclic) bond motifs is 3. The van der Waals surface area contributed by atoms with Crippen LogP contribution in [0, 0.1) is 0 Å². The molecule has 0 spiro atoms. The molecule has 236 valence electrons. The average Bonchev–Trinajstić information content (AvgIpc) is 3.53. The van der Waals surface area contributed by atoms with Crippen molar-refractivity contribution in [1.29, 1.82) is 0 Å². The fourth-order valence-electron chi connectivity index (χ4n) is 5.86. The number of rotatable bonds is 2. The van der Waals surface area contributed by atoms with Gasteiger partial charge in [-0.15, -0.1) is 0 Å². The van der Waals surface area contributed by atoms with Gasteiger partial charge in [-0.2, -0.15) is 0 Å². The molecule has 3 aromatic heterocycles. The number of aromatic amines is 1. The highest BCUT2D eigenvalue weighted by atomic mass is 32.7. The van der Waals surface area contributed by atoms with Crippen molar-refractivity contribution < 1.29 is 47.6 Å². The second kappa shape index (κ2) is 11.3. The zero-order valence-corrected chi connectivity index (χ0v) is 24.4. The van der Waals surface area contributed by atoms with Gasteiger partial charge in [0.2, 0.25) is 0 Å². The zero-order chi connectivity index (χ0) is 30.7. The van der Waals surface area contributed by atoms with E-state index in [1.807, 2.05) is 4.98 Å². The molecule has 44 heavy (non-hydrogen) atoms. The molecule has 3 aromatic rings. The Morgan fingerprint density at radius 1 is 1.02 bits per heavy atom. The van der Waals surface area contributed by atoms with E-state index in [2.05, 4.69) is 27.5 Å². The van der Waals surface area contributed by atoms with Crippen molar-refractivity contribution >= 4 is 42.1 Å². The molecule has 4 aliphatic rings. The second-order valence-electron chi connectivity index (χ2n) is 10.6. The first-order valence-electron chi connectivity index (χ1n) is 13.7. The number of aliphatic hydroxyl groups is 2. The number of aliphatic hydroxyl groups excluding tert-OH is 2. The molecule has 0 aliphatic carbocycles. The van der Waals surface area contributed by atoms with E-state index in [4.69, 9.17) is 28.0 Å². The number of cyclic esters (lactones) is 1. The van der Waals surface area contributed by atoms with E-state index in [0.29, 0.717) is 11.5 Å². The van der Waals surface area contributed by atoms with Crippen LogP contribution in [0.3, 0.4) is 0 Å². The molecule has 0 saturated carbocycles. The molecule has 3 saturated heterocycles. The second-order valence-corrected chi connectivity index (χ2v) is 13.5. The minimum Gasteiger partial charge on any atom is -0.431 e. The van der Waals surface area contributed by atoms with Crippen LogP contribution in [0.5, 0.6) is 0 Å². The summed E-state index contributed by atoms with van der Waals surface area (Å²) < 4.78 is 49.4. The van der Waals surface area contributed by atoms with Crippen molar-refractivity contribution in [2.24, 2.45) is 0 Å². The van der Waals surface area contributed by atoms with Gasteiger partial charge in [0.05, 0.1) is 12.0 Å². The van der Waals surface area contributed by atoms with Gasteiger partial charge in [0.15, 0.2) is 18.6 Å². The molecule has 20 heteroatoms. The van der Waals surface area contributed by atoms with Gasteiger partial charge in [-0.05, 0) is 18.4 Å². The molecule has 0 aromatic carbocycles. The summed E-state index contributed by atoms with van der Waals surface area (Å²) in [5.41, 5.74) is -0.160. The number of nitrogens with one attached hydrogen (secondary N) is 2. The lowest BCUT2D eigenvalue weighted by molar-refractivity contribution is -0.0853. The third-order valence-electron chi connectivity index (χ3n) is 7.88. The van der Waals surface area contributed by atoms with Gasteiger partial charge in [0.1, 0.15) is 54.9 Å². The van der Waals surface area contributed by atoms with Crippen LogP contribution in [-0.2, 0) is 39.0 Å². The minimum atomic E-state index is -4.29. The summed E-state index contributed by atoms with van der Waals surface area (Å²) in [6.07, 6.45) is -6.34. The van der Waals surface area contributed by atoms with Crippen LogP contribution in [0.1, 0.15) is 24.4 Å². The highest BCUT2D eigenvalue weighted by molar-refractivity contribution is 8.44. The van der Waals surface area contributed by atoms with Gasteiger partial charge < -0.3 is 39.0 Å². The van der Waals surface area contributed by atoms with E-state index in [1.54, 1.807) is 10.8 Å². The minimum absolute atomic E-state index is 0.481. The van der Waals surface area contributed by atoms with Gasteiger partial charge in [-0.25, -0.2) is 24.1 Å². The van der Waals surface area contributed by atoms with Crippen LogP contribution in [0.25, 0.3) is 11.0 Å². The Morgan fingerprint density at radius 3 is 2.66 bits per heavy atom. The van der Waals surface area contributed by atoms with E-state index < -0.39 is 86.5 Å². The summed E-state index contributed by atoms with van der Waals surface area (Å²) >= 11 is 4.06. The third-order valence-corrected chi connectivity index (χ3v) is 9.49. The molecule has 18 nitrogen and oxygen atoms in total. The largest absolute Gasteiger partial charge is 0.508 e. The maximum atomic E-state index is 13.4. The molecule has 1 unspecified atom stereocenters. The smallest absolute Gasteiger partial charge is 0.431 e. The Labute approximate surface area is 251 Å². The Hall–Kier alpha value is -3.29. The van der Waals surface area contributed by atoms with E-state index in [0.717, 1.165) is 47.2 Å². The van der Waals surface area contributed by atoms with Crippen LogP contribution >= 0.6 is 19.0 Å². The van der Waals surface area contributed by atoms with Crippen LogP contribution in [0.15, 0.2) is 34.4 Å². The van der Waals surface area contributed by atoms with Gasteiger partial charge in [0, 0.05) is 25.0 Å². The molecule has 7 heterocycles. The molecular weight excluding hydrogens is 627 g/mol. The van der Waals surface area contributed by atoms with Crippen molar-refractivity contribution in [2.45, 2.75) is 61.9 Å². The summed E-state index contributed by atoms with van der Waals surface area (Å²) in [5, 5.41) is 26.3. The molecule has 7 rings (SSSR count). The monoisotopic (exact) mass is 654 g/mol. The Kier molecular flexibility index (Phi) is 7.53. The fourth-order valence-corrected chi connectivity index (χ4v) is 7.35. The van der Waals surface area contributed by atoms with Crippen LogP contribution < -0.4 is 16.6 Å². The third kappa shape index (κ3) is 5.22. The van der Waals surface area contributed by atoms with Crippen LogP contribution in [-0.4, -0.2) is 96.8 Å². The van der Waals surface area contributed by atoms with E-state index in [9.17, 15) is 29.2 Å². The van der Waals surface area contributed by atoms with Crippen molar-refractivity contribution in [3.8, 4) is 0 Å². The van der Waals surface area contributed by atoms with Crippen molar-refractivity contribution in [3.05, 3.63) is 51.2 Å². The Morgan fingerprint density at radius 2 is 1.84 bits per heavy atom. The molecule has 9 atom stereocenters. The standard InChI is InChI=1S/C24H27N6O12PS/c31-13-3-5-29(23(34)28-13)22-18-15(32)11(39-22)8-38-43(36,44)42-17-12(7-37-24(35)41-18)40-21(16(17)33)30-6-10-2-1-4-25-19-14(10)20(30)27-9-26-19/h3,5-6,9,11-12,15-18,21-22,32-33H,1-2,4,7-8H2,(H,36,44)(H,25,26,27)(H,28,31,34)/t11-,12-,15-,16-,17-,18-,21-,22-,43?/m1/s1.